The van der Waals surface area contributed by atoms with Crippen molar-refractivity contribution in [1.82, 2.24) is 4.90 Å². The molecule has 2 aromatic carbocycles. The van der Waals surface area contributed by atoms with Crippen molar-refractivity contribution in [1.29, 1.82) is 0 Å². The van der Waals surface area contributed by atoms with Crippen LogP contribution in [0.4, 0.5) is 4.79 Å². The number of hydrogen-bond donors (Lipinski definition) is 2. The van der Waals surface area contributed by atoms with E-state index in [1.54, 1.807) is 29.8 Å². The molecule has 1 aliphatic heterocycles. The van der Waals surface area contributed by atoms with E-state index in [1.807, 2.05) is 49.6 Å². The number of hydrogen-bond acceptors (Lipinski definition) is 10. The number of aliphatic hydroxyl groups excluding tert-OH is 2. The number of allylic oxidation sites excluding steroid dienone is 1. The fourth-order valence-electron chi connectivity index (χ4n) is 8.07. The lowest BCUT2D eigenvalue weighted by Gasteiger charge is -2.59. The number of benzene rings is 2. The summed E-state index contributed by atoms with van der Waals surface area (Å²) in [6, 6.07) is 13.3. The smallest absolute Gasteiger partial charge is 0.410 e. The minimum absolute atomic E-state index is 0.0595. The van der Waals surface area contributed by atoms with Crippen molar-refractivity contribution in [3.05, 3.63) is 72.3 Å². The number of rotatable bonds is 19. The summed E-state index contributed by atoms with van der Waals surface area (Å²) in [4.78, 5) is 22.0. The Kier molecular flexibility index (Phi) is 14.8. The van der Waals surface area contributed by atoms with Crippen LogP contribution in [0.3, 0.4) is 0 Å². The molecule has 6 unspecified atom stereocenters. The first kappa shape index (κ1) is 40.0. The third-order valence-corrected chi connectivity index (χ3v) is 11.2. The van der Waals surface area contributed by atoms with Gasteiger partial charge in [0, 0.05) is 43.1 Å². The Bertz CT molecular complexity index is 1550. The first-order valence-electron chi connectivity index (χ1n) is 18.3. The van der Waals surface area contributed by atoms with Gasteiger partial charge < -0.3 is 38.9 Å². The van der Waals surface area contributed by atoms with E-state index in [-0.39, 0.29) is 50.1 Å². The van der Waals surface area contributed by atoms with Crippen LogP contribution < -0.4 is 9.47 Å². The van der Waals surface area contributed by atoms with E-state index in [4.69, 9.17) is 35.4 Å². The van der Waals surface area contributed by atoms with Gasteiger partial charge in [-0.1, -0.05) is 30.1 Å². The van der Waals surface area contributed by atoms with Gasteiger partial charge in [0.1, 0.15) is 36.5 Å². The van der Waals surface area contributed by atoms with Gasteiger partial charge in [0.2, 0.25) is 5.79 Å². The third-order valence-electron chi connectivity index (χ3n) is 10.3. The minimum Gasteiger partial charge on any atom is -0.459 e. The lowest BCUT2D eigenvalue weighted by atomic mass is 9.55. The molecule has 52 heavy (non-hydrogen) atoms. The molecular formula is C40H53ClN2O8S. The molecule has 5 rings (SSSR count). The molecule has 0 bridgehead atoms. The summed E-state index contributed by atoms with van der Waals surface area (Å²) in [6.07, 6.45) is 10.6. The van der Waals surface area contributed by atoms with E-state index >= 15 is 0 Å². The number of likely N-dealkylation sites (N-methyl/N-ethyl adjacent to an activating group) is 1. The summed E-state index contributed by atoms with van der Waals surface area (Å²) in [7, 11) is 1.69. The molecule has 1 heterocycles. The summed E-state index contributed by atoms with van der Waals surface area (Å²) in [5.74, 6) is 0.534. The van der Waals surface area contributed by atoms with Gasteiger partial charge in [0.05, 0.1) is 24.1 Å². The second kappa shape index (κ2) is 19.2. The van der Waals surface area contributed by atoms with E-state index in [9.17, 15) is 15.0 Å². The summed E-state index contributed by atoms with van der Waals surface area (Å²) >= 11 is 7.58. The number of nitrogens with zero attached hydrogens (tertiary/aromatic N) is 2. The molecule has 2 aliphatic carbocycles. The fourth-order valence-corrected chi connectivity index (χ4v) is 8.55. The lowest BCUT2D eigenvalue weighted by Crippen LogP contribution is -2.69. The van der Waals surface area contributed by atoms with Crippen LogP contribution in [-0.4, -0.2) is 91.0 Å². The average Bonchev–Trinajstić information content (AvgIpc) is 3.16. The molecule has 3 aliphatic rings. The van der Waals surface area contributed by atoms with Crippen molar-refractivity contribution >= 4 is 35.2 Å². The van der Waals surface area contributed by atoms with Crippen LogP contribution in [0.5, 0.6) is 17.2 Å². The number of unbranched alkanes of at least 4 members (excludes halogenated alkanes) is 2. The Hall–Kier alpha value is -3.22. The summed E-state index contributed by atoms with van der Waals surface area (Å²) < 4.78 is 26.0. The van der Waals surface area contributed by atoms with Gasteiger partial charge in [-0.25, -0.2) is 4.79 Å². The molecular weight excluding hydrogens is 704 g/mol. The number of thioether (sulfide) groups is 1. The van der Waals surface area contributed by atoms with Crippen molar-refractivity contribution in [2.45, 2.75) is 74.5 Å². The summed E-state index contributed by atoms with van der Waals surface area (Å²) in [5, 5.41) is 24.2. The molecule has 12 heteroatoms. The standard InChI is InChI=1S/C40H53ClN2O8S/c1-5-22-48-40-36(43(3)39(46)47-23-19-41)26-34(42-49-6-2)32-24-27(11-7-9-20-44)31(12-8-10-21-45)37(38(32)40)33-25-29(15-18-35(33)51-40)50-28-13-16-30(52-4)17-14-28/h5,13-18,24-25,27,31,36-38,44-45H,1,6-12,19-23,26H2,2-4H3. The Balaban J connectivity index is 1.72. The van der Waals surface area contributed by atoms with Crippen molar-refractivity contribution in [2.75, 3.05) is 52.2 Å². The third kappa shape index (κ3) is 8.76. The van der Waals surface area contributed by atoms with Crippen LogP contribution in [-0.2, 0) is 14.3 Å². The molecule has 2 aromatic rings. The highest BCUT2D eigenvalue weighted by molar-refractivity contribution is 7.98. The summed E-state index contributed by atoms with van der Waals surface area (Å²) in [5.41, 5.74) is 2.68. The van der Waals surface area contributed by atoms with Crippen LogP contribution in [0.1, 0.15) is 63.4 Å². The number of fused-ring (bicyclic) bond motifs is 2. The highest BCUT2D eigenvalue weighted by Crippen LogP contribution is 2.62. The van der Waals surface area contributed by atoms with Gasteiger partial charge in [-0.3, -0.25) is 0 Å². The van der Waals surface area contributed by atoms with Gasteiger partial charge in [-0.2, -0.15) is 0 Å². The van der Waals surface area contributed by atoms with E-state index < -0.39 is 23.8 Å². The van der Waals surface area contributed by atoms with Crippen LogP contribution >= 0.6 is 23.4 Å². The molecule has 10 nitrogen and oxygen atoms in total. The van der Waals surface area contributed by atoms with Crippen LogP contribution in [0.15, 0.2) is 76.8 Å². The zero-order valence-electron chi connectivity index (χ0n) is 30.5. The monoisotopic (exact) mass is 756 g/mol. The number of amides is 1. The Morgan fingerprint density at radius 3 is 2.52 bits per heavy atom. The van der Waals surface area contributed by atoms with E-state index in [0.29, 0.717) is 37.4 Å². The molecule has 1 amide bonds. The Labute approximate surface area is 317 Å². The predicted octanol–water partition coefficient (Wildman–Crippen LogP) is 8.16. The molecule has 1 saturated carbocycles. The number of oxime groups is 1. The number of aliphatic hydroxyl groups is 2. The topological polar surface area (TPSA) is 119 Å². The maximum atomic E-state index is 13.6. The number of halogens is 1. The minimum atomic E-state index is -1.35. The largest absolute Gasteiger partial charge is 0.459 e. The maximum absolute atomic E-state index is 13.6. The van der Waals surface area contributed by atoms with E-state index in [2.05, 4.69) is 23.9 Å². The molecule has 1 fully saturated rings. The lowest BCUT2D eigenvalue weighted by molar-refractivity contribution is -0.253. The van der Waals surface area contributed by atoms with Crippen LogP contribution in [0.25, 0.3) is 0 Å². The van der Waals surface area contributed by atoms with Gasteiger partial charge in [-0.05, 0) is 98.7 Å². The van der Waals surface area contributed by atoms with Gasteiger partial charge in [-0.15, -0.1) is 29.9 Å². The van der Waals surface area contributed by atoms with Gasteiger partial charge >= 0.3 is 6.09 Å². The number of carbonyl (C=O) groups is 1. The molecule has 6 atom stereocenters. The molecule has 0 spiro atoms. The maximum Gasteiger partial charge on any atom is 0.410 e. The zero-order valence-corrected chi connectivity index (χ0v) is 32.1. The van der Waals surface area contributed by atoms with Gasteiger partial charge in [0.15, 0.2) is 0 Å². The second-order valence-electron chi connectivity index (χ2n) is 13.4. The van der Waals surface area contributed by atoms with Crippen molar-refractivity contribution in [2.24, 2.45) is 22.9 Å². The number of carbonyl (C=O) groups excluding carboxylic acids is 1. The average molecular weight is 757 g/mol. The van der Waals surface area contributed by atoms with Crippen molar-refractivity contribution < 1.29 is 38.8 Å². The second-order valence-corrected chi connectivity index (χ2v) is 14.6. The molecule has 284 valence electrons. The van der Waals surface area contributed by atoms with E-state index in [1.165, 1.54) is 0 Å². The molecule has 0 aromatic heterocycles. The van der Waals surface area contributed by atoms with Gasteiger partial charge in [0.25, 0.3) is 0 Å². The van der Waals surface area contributed by atoms with Crippen molar-refractivity contribution in [3.63, 3.8) is 0 Å². The summed E-state index contributed by atoms with van der Waals surface area (Å²) in [6.45, 7) is 6.70. The predicted molar refractivity (Wildman–Crippen MR) is 205 cm³/mol. The number of ether oxygens (including phenoxy) is 4. The molecule has 0 saturated heterocycles. The molecule has 0 radical (unpaired) electrons. The fraction of sp³-hybridized carbons (Fsp3) is 0.550. The highest BCUT2D eigenvalue weighted by Gasteiger charge is 2.65. The Morgan fingerprint density at radius 1 is 1.12 bits per heavy atom. The van der Waals surface area contributed by atoms with Crippen LogP contribution in [0, 0.1) is 17.8 Å². The quantitative estimate of drug-likeness (QED) is 0.0481. The van der Waals surface area contributed by atoms with E-state index in [0.717, 1.165) is 53.2 Å². The first-order valence-corrected chi connectivity index (χ1v) is 20.1. The van der Waals surface area contributed by atoms with Crippen LogP contribution in [0.2, 0.25) is 0 Å². The molecule has 2 N–H and O–H groups in total. The Morgan fingerprint density at radius 2 is 1.85 bits per heavy atom. The zero-order chi connectivity index (χ0) is 37.1. The SMILES string of the molecule is C=CCOC12Oc3ccc(Oc4ccc(SC)cc4)cc3C3C(CCCCO)C(CCCCO)C=C(C(=NOCC)CC1N(C)C(=O)OCCCl)C32. The normalized spacial score (nSPS) is 25.3. The van der Waals surface area contributed by atoms with Crippen molar-refractivity contribution in [3.8, 4) is 17.2 Å². The first-order chi connectivity index (χ1) is 25.3. The number of alkyl halides is 1. The highest BCUT2D eigenvalue weighted by atomic mass is 35.5.